The van der Waals surface area contributed by atoms with Gasteiger partial charge in [0.05, 0.1) is 5.56 Å². The maximum Gasteiger partial charge on any atom is 0.324 e. The number of halogens is 1. The van der Waals surface area contributed by atoms with Crippen molar-refractivity contribution in [3.05, 3.63) is 45.3 Å². The second kappa shape index (κ2) is 6.61. The molecule has 1 unspecified atom stereocenters. The monoisotopic (exact) mass is 345 g/mol. The fourth-order valence-electron chi connectivity index (χ4n) is 2.79. The highest BCUT2D eigenvalue weighted by Gasteiger charge is 2.24. The van der Waals surface area contributed by atoms with E-state index < -0.39 is 0 Å². The van der Waals surface area contributed by atoms with Crippen LogP contribution in [-0.2, 0) is 12.8 Å². The Bertz CT molecular complexity index is 794. The number of anilines is 2. The molecule has 2 amide bonds. The van der Waals surface area contributed by atoms with Crippen LogP contribution in [0.5, 0.6) is 0 Å². The molecule has 1 aromatic carbocycles. The van der Waals surface area contributed by atoms with Crippen molar-refractivity contribution < 1.29 is 4.79 Å². The molecule has 23 heavy (non-hydrogen) atoms. The van der Waals surface area contributed by atoms with Crippen LogP contribution < -0.4 is 10.6 Å². The standard InChI is InChI=1S/C17H16ClN3OS/c1-10-5-6-13-14(9-19)16(23-15(13)7-10)21-17(22)20-12-4-2-3-11(18)8-12/h2-4,8,10H,5-7H2,1H3,(H2,20,21,22). The lowest BCUT2D eigenvalue weighted by Gasteiger charge is -2.17. The van der Waals surface area contributed by atoms with E-state index in [-0.39, 0.29) is 6.03 Å². The first-order valence-electron chi connectivity index (χ1n) is 7.45. The summed E-state index contributed by atoms with van der Waals surface area (Å²) >= 11 is 7.42. The number of amides is 2. The fraction of sp³-hybridized carbons (Fsp3) is 0.294. The predicted molar refractivity (Wildman–Crippen MR) is 94.3 cm³/mol. The topological polar surface area (TPSA) is 64.9 Å². The Kier molecular flexibility index (Phi) is 4.56. The summed E-state index contributed by atoms with van der Waals surface area (Å²) in [5, 5.41) is 16.2. The fourth-order valence-corrected chi connectivity index (χ4v) is 4.34. The summed E-state index contributed by atoms with van der Waals surface area (Å²) in [5.41, 5.74) is 2.33. The van der Waals surface area contributed by atoms with Crippen molar-refractivity contribution in [1.29, 1.82) is 5.26 Å². The summed E-state index contributed by atoms with van der Waals surface area (Å²) in [4.78, 5) is 13.4. The Morgan fingerprint density at radius 3 is 3.00 bits per heavy atom. The number of benzene rings is 1. The third-order valence-electron chi connectivity index (χ3n) is 3.93. The van der Waals surface area contributed by atoms with E-state index in [1.165, 1.54) is 16.2 Å². The van der Waals surface area contributed by atoms with Crippen LogP contribution in [0.3, 0.4) is 0 Å². The SMILES string of the molecule is CC1CCc2c(sc(NC(=O)Nc3cccc(Cl)c3)c2C#N)C1. The maximum absolute atomic E-state index is 12.2. The second-order valence-electron chi connectivity index (χ2n) is 5.76. The van der Waals surface area contributed by atoms with E-state index in [9.17, 15) is 10.1 Å². The summed E-state index contributed by atoms with van der Waals surface area (Å²) in [5.74, 6) is 0.626. The molecule has 6 heteroatoms. The van der Waals surface area contributed by atoms with E-state index >= 15 is 0 Å². The van der Waals surface area contributed by atoms with Crippen LogP contribution in [0.25, 0.3) is 0 Å². The molecule has 1 aliphatic rings. The van der Waals surface area contributed by atoms with Gasteiger partial charge in [-0.2, -0.15) is 5.26 Å². The number of hydrogen-bond acceptors (Lipinski definition) is 3. The molecule has 0 spiro atoms. The zero-order valence-corrected chi connectivity index (χ0v) is 14.2. The van der Waals surface area contributed by atoms with E-state index in [4.69, 9.17) is 11.6 Å². The minimum absolute atomic E-state index is 0.365. The molecule has 0 saturated carbocycles. The normalized spacial score (nSPS) is 16.3. The van der Waals surface area contributed by atoms with Crippen LogP contribution in [0.15, 0.2) is 24.3 Å². The molecule has 0 bridgehead atoms. The number of fused-ring (bicyclic) bond motifs is 1. The number of urea groups is 1. The number of carbonyl (C=O) groups excluding carboxylic acids is 1. The quantitative estimate of drug-likeness (QED) is 0.800. The Hall–Kier alpha value is -2.03. The average molecular weight is 346 g/mol. The Balaban J connectivity index is 1.78. The molecule has 1 aromatic heterocycles. The van der Waals surface area contributed by atoms with Crippen LogP contribution in [0.4, 0.5) is 15.5 Å². The van der Waals surface area contributed by atoms with Gasteiger partial charge in [-0.1, -0.05) is 24.6 Å². The third kappa shape index (κ3) is 3.49. The third-order valence-corrected chi connectivity index (χ3v) is 5.34. The van der Waals surface area contributed by atoms with Gasteiger partial charge in [-0.3, -0.25) is 5.32 Å². The molecule has 2 aromatic rings. The first-order chi connectivity index (χ1) is 11.1. The van der Waals surface area contributed by atoms with Crippen molar-refractivity contribution in [2.75, 3.05) is 10.6 Å². The molecule has 0 radical (unpaired) electrons. The van der Waals surface area contributed by atoms with Crippen LogP contribution >= 0.6 is 22.9 Å². The van der Waals surface area contributed by atoms with Gasteiger partial charge < -0.3 is 5.32 Å². The highest BCUT2D eigenvalue weighted by molar-refractivity contribution is 7.16. The molecule has 1 heterocycles. The minimum atomic E-state index is -0.365. The largest absolute Gasteiger partial charge is 0.324 e. The van der Waals surface area contributed by atoms with Gasteiger partial charge in [-0.05, 0) is 48.9 Å². The first kappa shape index (κ1) is 15.9. The molecular formula is C17H16ClN3OS. The van der Waals surface area contributed by atoms with Crippen molar-refractivity contribution in [3.63, 3.8) is 0 Å². The van der Waals surface area contributed by atoms with Crippen LogP contribution in [-0.4, -0.2) is 6.03 Å². The van der Waals surface area contributed by atoms with Crippen molar-refractivity contribution in [3.8, 4) is 6.07 Å². The first-order valence-corrected chi connectivity index (χ1v) is 8.64. The van der Waals surface area contributed by atoms with Crippen molar-refractivity contribution in [1.82, 2.24) is 0 Å². The van der Waals surface area contributed by atoms with E-state index in [1.807, 2.05) is 0 Å². The lowest BCUT2D eigenvalue weighted by molar-refractivity contribution is 0.262. The zero-order chi connectivity index (χ0) is 16.4. The van der Waals surface area contributed by atoms with Gasteiger partial charge in [0.2, 0.25) is 0 Å². The van der Waals surface area contributed by atoms with Crippen LogP contribution in [0.2, 0.25) is 5.02 Å². The average Bonchev–Trinajstić information content (AvgIpc) is 2.82. The molecule has 0 fully saturated rings. The van der Waals surface area contributed by atoms with E-state index in [2.05, 4.69) is 23.6 Å². The van der Waals surface area contributed by atoms with E-state index in [0.29, 0.717) is 27.2 Å². The van der Waals surface area contributed by atoms with Gasteiger partial charge in [0.15, 0.2) is 0 Å². The Morgan fingerprint density at radius 2 is 2.26 bits per heavy atom. The van der Waals surface area contributed by atoms with Gasteiger partial charge in [0, 0.05) is 15.6 Å². The minimum Gasteiger partial charge on any atom is -0.308 e. The summed E-state index contributed by atoms with van der Waals surface area (Å²) in [6.07, 6.45) is 2.98. The number of thiophene rings is 1. The van der Waals surface area contributed by atoms with Gasteiger partial charge in [-0.15, -0.1) is 11.3 Å². The maximum atomic E-state index is 12.2. The highest BCUT2D eigenvalue weighted by atomic mass is 35.5. The lowest BCUT2D eigenvalue weighted by Crippen LogP contribution is -2.19. The Labute approximate surface area is 144 Å². The molecule has 4 nitrogen and oxygen atoms in total. The van der Waals surface area contributed by atoms with E-state index in [0.717, 1.165) is 24.8 Å². The number of nitriles is 1. The van der Waals surface area contributed by atoms with Crippen LogP contribution in [0.1, 0.15) is 29.3 Å². The molecule has 0 saturated heterocycles. The summed E-state index contributed by atoms with van der Waals surface area (Å²) in [6, 6.07) is 8.82. The molecule has 118 valence electrons. The number of nitrogens with zero attached hydrogens (tertiary/aromatic N) is 1. The molecule has 0 aliphatic heterocycles. The van der Waals surface area contributed by atoms with Gasteiger partial charge >= 0.3 is 6.03 Å². The highest BCUT2D eigenvalue weighted by Crippen LogP contribution is 2.39. The van der Waals surface area contributed by atoms with Gasteiger partial charge in [0.25, 0.3) is 0 Å². The van der Waals surface area contributed by atoms with Crippen molar-refractivity contribution in [2.45, 2.75) is 26.2 Å². The molecule has 2 N–H and O–H groups in total. The number of hydrogen-bond donors (Lipinski definition) is 2. The molecule has 3 rings (SSSR count). The summed E-state index contributed by atoms with van der Waals surface area (Å²) in [6.45, 7) is 2.22. The smallest absolute Gasteiger partial charge is 0.308 e. The van der Waals surface area contributed by atoms with E-state index in [1.54, 1.807) is 24.3 Å². The number of carbonyl (C=O) groups is 1. The van der Waals surface area contributed by atoms with Gasteiger partial charge in [0.1, 0.15) is 11.1 Å². The number of nitrogens with one attached hydrogen (secondary N) is 2. The second-order valence-corrected chi connectivity index (χ2v) is 7.30. The summed E-state index contributed by atoms with van der Waals surface area (Å²) < 4.78 is 0. The predicted octanol–water partition coefficient (Wildman–Crippen LogP) is 5.04. The zero-order valence-electron chi connectivity index (χ0n) is 12.6. The van der Waals surface area contributed by atoms with Crippen molar-refractivity contribution >= 4 is 39.7 Å². The number of rotatable bonds is 2. The summed E-state index contributed by atoms with van der Waals surface area (Å²) in [7, 11) is 0. The molecule has 1 aliphatic carbocycles. The lowest BCUT2D eigenvalue weighted by atomic mass is 9.89. The molecule has 1 atom stereocenters. The molecular weight excluding hydrogens is 330 g/mol. The van der Waals surface area contributed by atoms with Crippen molar-refractivity contribution in [2.24, 2.45) is 5.92 Å². The Morgan fingerprint density at radius 1 is 1.43 bits per heavy atom. The van der Waals surface area contributed by atoms with Gasteiger partial charge in [-0.25, -0.2) is 4.79 Å². The van der Waals surface area contributed by atoms with Crippen LogP contribution in [0, 0.1) is 17.2 Å².